The number of carbonyl (C=O) groups is 1. The highest BCUT2D eigenvalue weighted by Gasteiger charge is 2.23. The summed E-state index contributed by atoms with van der Waals surface area (Å²) in [5.41, 5.74) is 0. The Morgan fingerprint density at radius 2 is 2.36 bits per heavy atom. The summed E-state index contributed by atoms with van der Waals surface area (Å²) in [7, 11) is 0. The van der Waals surface area contributed by atoms with E-state index in [2.05, 4.69) is 24.1 Å². The second-order valence-electron chi connectivity index (χ2n) is 4.07. The molecule has 14 heavy (non-hydrogen) atoms. The molecule has 2 N–H and O–H groups in total. The molecule has 80 valence electrons. The van der Waals surface area contributed by atoms with Gasteiger partial charge in [0.25, 0.3) is 0 Å². The van der Waals surface area contributed by atoms with Gasteiger partial charge in [0.05, 0.1) is 6.54 Å². The van der Waals surface area contributed by atoms with Gasteiger partial charge >= 0.3 is 0 Å². The molecular weight excluding hydrogens is 176 g/mol. The molecule has 0 radical (unpaired) electrons. The maximum absolute atomic E-state index is 11.3. The minimum Gasteiger partial charge on any atom is -0.353 e. The van der Waals surface area contributed by atoms with E-state index < -0.39 is 0 Å². The Morgan fingerprint density at radius 1 is 1.64 bits per heavy atom. The van der Waals surface area contributed by atoms with E-state index >= 15 is 0 Å². The third-order valence-electron chi connectivity index (χ3n) is 2.37. The first kappa shape index (κ1) is 11.2. The summed E-state index contributed by atoms with van der Waals surface area (Å²) < 4.78 is 0. The minimum atomic E-state index is 0.0833. The number of nitrogens with one attached hydrogen (secondary N) is 2. The van der Waals surface area contributed by atoms with Gasteiger partial charge in [-0.1, -0.05) is 18.9 Å². The highest BCUT2D eigenvalue weighted by molar-refractivity contribution is 5.78. The molecule has 0 aromatic carbocycles. The SMILES string of the molecule is C=CCNCC(=O)NC(C)CC1CC1. The number of hydrogen-bond acceptors (Lipinski definition) is 2. The van der Waals surface area contributed by atoms with E-state index in [1.54, 1.807) is 6.08 Å². The van der Waals surface area contributed by atoms with Crippen LogP contribution in [0.5, 0.6) is 0 Å². The van der Waals surface area contributed by atoms with E-state index in [1.165, 1.54) is 12.8 Å². The number of amides is 1. The fourth-order valence-electron chi connectivity index (χ4n) is 1.53. The summed E-state index contributed by atoms with van der Waals surface area (Å²) in [6.45, 7) is 6.72. The van der Waals surface area contributed by atoms with Crippen LogP contribution in [0.3, 0.4) is 0 Å². The smallest absolute Gasteiger partial charge is 0.234 e. The molecule has 0 saturated heterocycles. The van der Waals surface area contributed by atoms with Gasteiger partial charge in [0, 0.05) is 12.6 Å². The van der Waals surface area contributed by atoms with Crippen LogP contribution in [-0.4, -0.2) is 25.0 Å². The standard InChI is InChI=1S/C11H20N2O/c1-3-6-12-8-11(14)13-9(2)7-10-4-5-10/h3,9-10,12H,1,4-8H2,2H3,(H,13,14). The molecule has 0 aromatic rings. The van der Waals surface area contributed by atoms with Crippen molar-refractivity contribution in [2.24, 2.45) is 5.92 Å². The second-order valence-corrected chi connectivity index (χ2v) is 4.07. The molecule has 1 rings (SSSR count). The monoisotopic (exact) mass is 196 g/mol. The maximum atomic E-state index is 11.3. The van der Waals surface area contributed by atoms with Gasteiger partial charge in [-0.2, -0.15) is 0 Å². The van der Waals surface area contributed by atoms with Gasteiger partial charge in [-0.15, -0.1) is 6.58 Å². The van der Waals surface area contributed by atoms with Crippen LogP contribution >= 0.6 is 0 Å². The summed E-state index contributed by atoms with van der Waals surface area (Å²) in [4.78, 5) is 11.3. The highest BCUT2D eigenvalue weighted by Crippen LogP contribution is 2.33. The average Bonchev–Trinajstić information content (AvgIpc) is 2.88. The van der Waals surface area contributed by atoms with Crippen LogP contribution in [-0.2, 0) is 4.79 Å². The van der Waals surface area contributed by atoms with E-state index in [9.17, 15) is 4.79 Å². The zero-order chi connectivity index (χ0) is 10.4. The van der Waals surface area contributed by atoms with Crippen LogP contribution in [0.2, 0.25) is 0 Å². The molecule has 1 saturated carbocycles. The summed E-state index contributed by atoms with van der Waals surface area (Å²) in [6.07, 6.45) is 5.57. The van der Waals surface area contributed by atoms with Crippen LogP contribution in [0.25, 0.3) is 0 Å². The summed E-state index contributed by atoms with van der Waals surface area (Å²) in [5, 5.41) is 5.95. The van der Waals surface area contributed by atoms with E-state index in [0.29, 0.717) is 19.1 Å². The van der Waals surface area contributed by atoms with Crippen molar-refractivity contribution in [3.8, 4) is 0 Å². The van der Waals surface area contributed by atoms with E-state index in [4.69, 9.17) is 0 Å². The summed E-state index contributed by atoms with van der Waals surface area (Å²) in [5.74, 6) is 0.950. The first-order valence-electron chi connectivity index (χ1n) is 5.33. The molecule has 0 aliphatic heterocycles. The quantitative estimate of drug-likeness (QED) is 0.472. The Balaban J connectivity index is 2.02. The van der Waals surface area contributed by atoms with Crippen LogP contribution in [0, 0.1) is 5.92 Å². The van der Waals surface area contributed by atoms with E-state index in [-0.39, 0.29) is 5.91 Å². The average molecular weight is 196 g/mol. The topological polar surface area (TPSA) is 41.1 Å². The Hall–Kier alpha value is -0.830. The van der Waals surface area contributed by atoms with Crippen molar-refractivity contribution in [1.82, 2.24) is 10.6 Å². The molecule has 3 heteroatoms. The number of hydrogen-bond donors (Lipinski definition) is 2. The van der Waals surface area contributed by atoms with Crippen LogP contribution in [0.15, 0.2) is 12.7 Å². The molecule has 1 aliphatic rings. The largest absolute Gasteiger partial charge is 0.353 e. The van der Waals surface area contributed by atoms with Gasteiger partial charge in [-0.25, -0.2) is 0 Å². The van der Waals surface area contributed by atoms with Gasteiger partial charge in [0.2, 0.25) is 5.91 Å². The summed E-state index contributed by atoms with van der Waals surface area (Å²) >= 11 is 0. The minimum absolute atomic E-state index is 0.0833. The molecule has 0 spiro atoms. The van der Waals surface area contributed by atoms with Crippen molar-refractivity contribution in [2.75, 3.05) is 13.1 Å². The van der Waals surface area contributed by atoms with E-state index in [1.807, 2.05) is 0 Å². The predicted molar refractivity (Wildman–Crippen MR) is 58.0 cm³/mol. The fraction of sp³-hybridized carbons (Fsp3) is 0.727. The van der Waals surface area contributed by atoms with Gasteiger partial charge in [0.15, 0.2) is 0 Å². The predicted octanol–water partition coefficient (Wildman–Crippen LogP) is 1.07. The highest BCUT2D eigenvalue weighted by atomic mass is 16.1. The van der Waals surface area contributed by atoms with Crippen molar-refractivity contribution < 1.29 is 4.79 Å². The molecule has 0 aromatic heterocycles. The summed E-state index contributed by atoms with van der Waals surface area (Å²) in [6, 6.07) is 0.320. The lowest BCUT2D eigenvalue weighted by atomic mass is 10.1. The third kappa shape index (κ3) is 5.02. The zero-order valence-corrected chi connectivity index (χ0v) is 8.88. The van der Waals surface area contributed by atoms with Crippen molar-refractivity contribution in [3.05, 3.63) is 12.7 Å². The molecule has 1 atom stereocenters. The van der Waals surface area contributed by atoms with Gasteiger partial charge < -0.3 is 10.6 Å². The van der Waals surface area contributed by atoms with Crippen molar-refractivity contribution >= 4 is 5.91 Å². The first-order valence-corrected chi connectivity index (χ1v) is 5.33. The molecule has 1 fully saturated rings. The Kier molecular flexibility index (Phi) is 4.66. The van der Waals surface area contributed by atoms with Gasteiger partial charge in [-0.3, -0.25) is 4.79 Å². The number of carbonyl (C=O) groups excluding carboxylic acids is 1. The second kappa shape index (κ2) is 5.81. The lowest BCUT2D eigenvalue weighted by Gasteiger charge is -2.13. The fourth-order valence-corrected chi connectivity index (χ4v) is 1.53. The van der Waals surface area contributed by atoms with Crippen molar-refractivity contribution in [3.63, 3.8) is 0 Å². The molecule has 0 bridgehead atoms. The third-order valence-corrected chi connectivity index (χ3v) is 2.37. The molecule has 1 amide bonds. The van der Waals surface area contributed by atoms with E-state index in [0.717, 1.165) is 12.3 Å². The molecule has 1 aliphatic carbocycles. The van der Waals surface area contributed by atoms with Gasteiger partial charge in [-0.05, 0) is 19.3 Å². The number of rotatable bonds is 7. The lowest BCUT2D eigenvalue weighted by Crippen LogP contribution is -2.39. The Bertz CT molecular complexity index is 199. The molecular formula is C11H20N2O. The van der Waals surface area contributed by atoms with Crippen LogP contribution in [0.4, 0.5) is 0 Å². The zero-order valence-electron chi connectivity index (χ0n) is 8.88. The first-order chi connectivity index (χ1) is 6.72. The molecule has 1 unspecified atom stereocenters. The Morgan fingerprint density at radius 3 is 2.93 bits per heavy atom. The lowest BCUT2D eigenvalue weighted by molar-refractivity contribution is -0.120. The Labute approximate surface area is 86.0 Å². The maximum Gasteiger partial charge on any atom is 0.234 e. The van der Waals surface area contributed by atoms with Crippen molar-refractivity contribution in [1.29, 1.82) is 0 Å². The van der Waals surface area contributed by atoms with Crippen LogP contribution < -0.4 is 10.6 Å². The normalized spacial score (nSPS) is 17.5. The van der Waals surface area contributed by atoms with Crippen LogP contribution in [0.1, 0.15) is 26.2 Å². The molecule has 0 heterocycles. The van der Waals surface area contributed by atoms with Crippen molar-refractivity contribution in [2.45, 2.75) is 32.2 Å². The molecule has 3 nitrogen and oxygen atoms in total. The van der Waals surface area contributed by atoms with Gasteiger partial charge in [0.1, 0.15) is 0 Å².